The van der Waals surface area contributed by atoms with E-state index in [9.17, 15) is 18.0 Å². The van der Waals surface area contributed by atoms with Crippen LogP contribution in [0.5, 0.6) is 0 Å². The van der Waals surface area contributed by atoms with Gasteiger partial charge in [0, 0.05) is 17.4 Å². The van der Waals surface area contributed by atoms with Crippen molar-refractivity contribution in [1.82, 2.24) is 4.57 Å². The molecule has 0 aliphatic heterocycles. The third kappa shape index (κ3) is 4.55. The molecule has 7 nitrogen and oxygen atoms in total. The second kappa shape index (κ2) is 8.83. The lowest BCUT2D eigenvalue weighted by molar-refractivity contribution is -0.118. The maximum atomic E-state index is 12.9. The van der Waals surface area contributed by atoms with Crippen LogP contribution in [0.15, 0.2) is 51.0 Å². The van der Waals surface area contributed by atoms with Gasteiger partial charge in [-0.15, -0.1) is 11.8 Å². The number of carbonyl (C=O) groups is 1. The molecule has 0 saturated heterocycles. The Morgan fingerprint density at radius 1 is 1.20 bits per heavy atom. The van der Waals surface area contributed by atoms with Gasteiger partial charge in [-0.2, -0.15) is 0 Å². The van der Waals surface area contributed by atoms with Crippen molar-refractivity contribution in [3.63, 3.8) is 0 Å². The highest BCUT2D eigenvalue weighted by molar-refractivity contribution is 7.98. The third-order valence-corrected chi connectivity index (χ3v) is 7.62. The summed E-state index contributed by atoms with van der Waals surface area (Å²) < 4.78 is 30.8. The molecule has 2 aromatic carbocycles. The Labute approximate surface area is 183 Å². The van der Waals surface area contributed by atoms with Crippen molar-refractivity contribution in [3.8, 4) is 0 Å². The molecular formula is C20H23N3O4S3. The topological polar surface area (TPSA) is 97.3 Å². The number of thioether (sulfide) groups is 1. The molecule has 0 atom stereocenters. The number of aryl methyl sites for hydroxylation is 1. The number of thiazole rings is 1. The Morgan fingerprint density at radius 3 is 2.57 bits per heavy atom. The molecule has 0 aliphatic carbocycles. The van der Waals surface area contributed by atoms with E-state index < -0.39 is 10.0 Å². The molecular weight excluding hydrogens is 442 g/mol. The van der Waals surface area contributed by atoms with Crippen LogP contribution < -0.4 is 14.9 Å². The van der Waals surface area contributed by atoms with E-state index in [1.165, 1.54) is 23.9 Å². The molecule has 3 aromatic rings. The quantitative estimate of drug-likeness (QED) is 0.510. The number of fused-ring (bicyclic) bond motifs is 1. The van der Waals surface area contributed by atoms with Crippen molar-refractivity contribution >= 4 is 60.6 Å². The standard InChI is InChI=1S/C20H23N3O4S3/c1-5-23-16-8-6-13(10-18(16)29-20(23)25)22-30(26,27)14-7-9-17(28-4)15(11-14)21-19(24)12(2)3/h6-12,22H,5H2,1-4H3,(H,21,24). The third-order valence-electron chi connectivity index (χ3n) is 4.50. The van der Waals surface area contributed by atoms with Crippen LogP contribution in [0.25, 0.3) is 10.2 Å². The van der Waals surface area contributed by atoms with E-state index in [4.69, 9.17) is 0 Å². The van der Waals surface area contributed by atoms with E-state index in [2.05, 4.69) is 10.0 Å². The highest BCUT2D eigenvalue weighted by Gasteiger charge is 2.19. The summed E-state index contributed by atoms with van der Waals surface area (Å²) in [5, 5.41) is 2.79. The van der Waals surface area contributed by atoms with Gasteiger partial charge < -0.3 is 5.32 Å². The van der Waals surface area contributed by atoms with Gasteiger partial charge in [0.2, 0.25) is 5.91 Å². The molecule has 0 unspecified atom stereocenters. The Morgan fingerprint density at radius 2 is 1.93 bits per heavy atom. The number of hydrogen-bond acceptors (Lipinski definition) is 6. The summed E-state index contributed by atoms with van der Waals surface area (Å²) in [5.74, 6) is -0.416. The number of sulfonamides is 1. The first-order valence-electron chi connectivity index (χ1n) is 9.31. The predicted molar refractivity (Wildman–Crippen MR) is 124 cm³/mol. The zero-order chi connectivity index (χ0) is 22.1. The van der Waals surface area contributed by atoms with Gasteiger partial charge in [0.25, 0.3) is 10.0 Å². The number of hydrogen-bond donors (Lipinski definition) is 2. The number of anilines is 2. The predicted octanol–water partition coefficient (Wildman–Crippen LogP) is 4.20. The van der Waals surface area contributed by atoms with Crippen molar-refractivity contribution in [3.05, 3.63) is 46.1 Å². The van der Waals surface area contributed by atoms with Crippen LogP contribution in [-0.4, -0.2) is 25.1 Å². The van der Waals surface area contributed by atoms with Gasteiger partial charge in [-0.25, -0.2) is 8.42 Å². The number of amides is 1. The monoisotopic (exact) mass is 465 g/mol. The fraction of sp³-hybridized carbons (Fsp3) is 0.300. The number of nitrogens with zero attached hydrogens (tertiary/aromatic N) is 1. The average molecular weight is 466 g/mol. The summed E-state index contributed by atoms with van der Waals surface area (Å²) in [4.78, 5) is 24.9. The van der Waals surface area contributed by atoms with E-state index in [1.807, 2.05) is 13.2 Å². The van der Waals surface area contributed by atoms with E-state index in [0.29, 0.717) is 22.6 Å². The fourth-order valence-corrected chi connectivity index (χ4v) is 5.48. The molecule has 2 N–H and O–H groups in total. The lowest BCUT2D eigenvalue weighted by atomic mass is 10.2. The Bertz CT molecular complexity index is 1260. The highest BCUT2D eigenvalue weighted by atomic mass is 32.2. The van der Waals surface area contributed by atoms with Gasteiger partial charge in [0.15, 0.2) is 0 Å². The molecule has 3 rings (SSSR count). The van der Waals surface area contributed by atoms with Gasteiger partial charge in [0.1, 0.15) is 0 Å². The second-order valence-electron chi connectivity index (χ2n) is 6.91. The van der Waals surface area contributed by atoms with Gasteiger partial charge in [-0.3, -0.25) is 18.9 Å². The lowest BCUT2D eigenvalue weighted by Crippen LogP contribution is -2.19. The van der Waals surface area contributed by atoms with E-state index in [0.717, 1.165) is 21.7 Å². The molecule has 160 valence electrons. The van der Waals surface area contributed by atoms with E-state index in [1.54, 1.807) is 42.7 Å². The summed E-state index contributed by atoms with van der Waals surface area (Å²) in [7, 11) is -3.89. The molecule has 0 bridgehead atoms. The first-order valence-corrected chi connectivity index (χ1v) is 12.8. The molecule has 0 saturated carbocycles. The van der Waals surface area contributed by atoms with E-state index >= 15 is 0 Å². The number of nitrogens with one attached hydrogen (secondary N) is 2. The zero-order valence-corrected chi connectivity index (χ0v) is 19.5. The maximum Gasteiger partial charge on any atom is 0.308 e. The maximum absolute atomic E-state index is 12.9. The Kier molecular flexibility index (Phi) is 6.59. The van der Waals surface area contributed by atoms with Gasteiger partial charge in [0.05, 0.1) is 26.5 Å². The van der Waals surface area contributed by atoms with Gasteiger partial charge in [-0.05, 0) is 49.6 Å². The summed E-state index contributed by atoms with van der Waals surface area (Å²) in [6.07, 6.45) is 1.86. The molecule has 0 radical (unpaired) electrons. The van der Waals surface area contributed by atoms with Gasteiger partial charge >= 0.3 is 4.87 Å². The highest BCUT2D eigenvalue weighted by Crippen LogP contribution is 2.30. The molecule has 1 amide bonds. The van der Waals surface area contributed by atoms with Crippen LogP contribution in [0.1, 0.15) is 20.8 Å². The normalized spacial score (nSPS) is 11.8. The van der Waals surface area contributed by atoms with Crippen molar-refractivity contribution in [2.75, 3.05) is 16.3 Å². The number of carbonyl (C=O) groups excluding carboxylic acids is 1. The van der Waals surface area contributed by atoms with Crippen LogP contribution in [0.3, 0.4) is 0 Å². The van der Waals surface area contributed by atoms with Crippen LogP contribution in [0, 0.1) is 5.92 Å². The summed E-state index contributed by atoms with van der Waals surface area (Å²) in [5.41, 5.74) is 1.60. The van der Waals surface area contributed by atoms with Crippen LogP contribution in [0.2, 0.25) is 0 Å². The minimum absolute atomic E-state index is 0.0405. The molecule has 30 heavy (non-hydrogen) atoms. The van der Waals surface area contributed by atoms with Crippen molar-refractivity contribution in [1.29, 1.82) is 0 Å². The van der Waals surface area contributed by atoms with Crippen molar-refractivity contribution < 1.29 is 13.2 Å². The largest absolute Gasteiger partial charge is 0.325 e. The van der Waals surface area contributed by atoms with Crippen LogP contribution in [0.4, 0.5) is 11.4 Å². The minimum atomic E-state index is -3.89. The molecule has 0 aliphatic rings. The Balaban J connectivity index is 1.94. The minimum Gasteiger partial charge on any atom is -0.325 e. The molecule has 1 heterocycles. The van der Waals surface area contributed by atoms with Gasteiger partial charge in [-0.1, -0.05) is 25.2 Å². The van der Waals surface area contributed by atoms with Crippen molar-refractivity contribution in [2.45, 2.75) is 37.1 Å². The van der Waals surface area contributed by atoms with Crippen molar-refractivity contribution in [2.24, 2.45) is 5.92 Å². The molecule has 1 aromatic heterocycles. The van der Waals surface area contributed by atoms with Crippen LogP contribution >= 0.6 is 23.1 Å². The lowest BCUT2D eigenvalue weighted by Gasteiger charge is -2.14. The number of rotatable bonds is 7. The number of aromatic nitrogens is 1. The smallest absolute Gasteiger partial charge is 0.308 e. The zero-order valence-electron chi connectivity index (χ0n) is 17.1. The summed E-state index contributed by atoms with van der Waals surface area (Å²) in [6, 6.07) is 9.66. The molecule has 10 heteroatoms. The second-order valence-corrected chi connectivity index (χ2v) is 10.4. The van der Waals surface area contributed by atoms with E-state index in [-0.39, 0.29) is 21.6 Å². The average Bonchev–Trinajstić information content (AvgIpc) is 3.01. The Hall–Kier alpha value is -2.30. The molecule has 0 spiro atoms. The van der Waals surface area contributed by atoms with Crippen LogP contribution in [-0.2, 0) is 21.4 Å². The number of benzene rings is 2. The SMILES string of the molecule is CCn1c(=O)sc2cc(NS(=O)(=O)c3ccc(SC)c(NC(=O)C(C)C)c3)ccc21. The summed E-state index contributed by atoms with van der Waals surface area (Å²) >= 11 is 2.50. The molecule has 0 fully saturated rings. The summed E-state index contributed by atoms with van der Waals surface area (Å²) in [6.45, 7) is 5.98. The first kappa shape index (κ1) is 22.4. The first-order chi connectivity index (χ1) is 14.2. The fourth-order valence-electron chi connectivity index (χ4n) is 2.87.